The molecule has 150 valence electrons. The second-order valence-electron chi connectivity index (χ2n) is 5.61. The maximum atomic E-state index is 11.7. The molecule has 0 aliphatic carbocycles. The van der Waals surface area contributed by atoms with Crippen molar-refractivity contribution in [1.29, 1.82) is 0 Å². The highest BCUT2D eigenvalue weighted by molar-refractivity contribution is 7.15. The predicted molar refractivity (Wildman–Crippen MR) is 98.9 cm³/mol. The van der Waals surface area contributed by atoms with Crippen LogP contribution in [0.5, 0.6) is 0 Å². The predicted octanol–water partition coefficient (Wildman–Crippen LogP) is 3.55. The van der Waals surface area contributed by atoms with Crippen LogP contribution in [0, 0.1) is 5.92 Å². The van der Waals surface area contributed by atoms with Gasteiger partial charge in [0.25, 0.3) is 0 Å². The molecule has 0 spiro atoms. The normalized spacial score (nSPS) is 16.3. The Bertz CT molecular complexity index is 735. The van der Waals surface area contributed by atoms with Crippen molar-refractivity contribution in [1.82, 2.24) is 14.7 Å². The maximum Gasteiger partial charge on any atom is 0.435 e. The third kappa shape index (κ3) is 6.87. The van der Waals surface area contributed by atoms with Gasteiger partial charge in [0.2, 0.25) is 5.91 Å². The van der Waals surface area contributed by atoms with Gasteiger partial charge in [-0.05, 0) is 23.9 Å². The van der Waals surface area contributed by atoms with E-state index < -0.39 is 11.9 Å². The van der Waals surface area contributed by atoms with Crippen LogP contribution in [0.4, 0.5) is 18.9 Å². The van der Waals surface area contributed by atoms with Gasteiger partial charge in [-0.3, -0.25) is 9.48 Å². The first-order valence-electron chi connectivity index (χ1n) is 7.76. The number of carbonyl (C=O) groups excluding carboxylic acids is 2. The molecule has 1 fully saturated rings. The summed E-state index contributed by atoms with van der Waals surface area (Å²) in [7, 11) is 3.29. The number of rotatable bonds is 3. The Balaban J connectivity index is 0.000000265. The smallest absolute Gasteiger partial charge is 0.382 e. The van der Waals surface area contributed by atoms with Gasteiger partial charge in [-0.1, -0.05) is 11.6 Å². The fourth-order valence-electron chi connectivity index (χ4n) is 2.30. The summed E-state index contributed by atoms with van der Waals surface area (Å²) in [5.74, 6) is 0.333. The lowest BCUT2D eigenvalue weighted by Crippen LogP contribution is -2.26. The first-order valence-corrected chi connectivity index (χ1v) is 9.01. The van der Waals surface area contributed by atoms with E-state index in [1.54, 1.807) is 4.90 Å². The average Bonchev–Trinajstić information content (AvgIpc) is 3.31. The molecule has 0 aromatic carbocycles. The summed E-state index contributed by atoms with van der Waals surface area (Å²) < 4.78 is 37.0. The van der Waals surface area contributed by atoms with Crippen LogP contribution >= 0.6 is 22.9 Å². The molecule has 2 aromatic rings. The quantitative estimate of drug-likeness (QED) is 0.818. The highest BCUT2D eigenvalue weighted by Gasteiger charge is 2.33. The maximum absolute atomic E-state index is 11.7. The molecule has 1 amide bonds. The van der Waals surface area contributed by atoms with Crippen LogP contribution < -0.4 is 5.32 Å². The second kappa shape index (κ2) is 10.3. The van der Waals surface area contributed by atoms with Gasteiger partial charge < -0.3 is 15.0 Å². The zero-order chi connectivity index (χ0) is 20.6. The Morgan fingerprint density at radius 1 is 1.37 bits per heavy atom. The molecular weight excluding hydrogens is 405 g/mol. The molecular formula is C16H20ClF3N4O2S. The van der Waals surface area contributed by atoms with E-state index in [0.717, 1.165) is 33.7 Å². The van der Waals surface area contributed by atoms with Gasteiger partial charge in [-0.25, -0.2) is 0 Å². The number of hydrogen-bond acceptors (Lipinski definition) is 5. The summed E-state index contributed by atoms with van der Waals surface area (Å²) >= 11 is 7.45. The van der Waals surface area contributed by atoms with E-state index in [0.29, 0.717) is 6.54 Å². The number of aryl methyl sites for hydroxylation is 1. The van der Waals surface area contributed by atoms with Gasteiger partial charge in [-0.15, -0.1) is 11.3 Å². The molecule has 1 aliphatic heterocycles. The number of nitrogens with one attached hydrogen (secondary N) is 1. The SMILES string of the molecule is C=O.CN1CC[C@@H](CNc2ccsc2Cl)C1=O.Cn1ccc(C(F)(F)F)n1. The van der Waals surface area contributed by atoms with Crippen molar-refractivity contribution in [3.63, 3.8) is 0 Å². The van der Waals surface area contributed by atoms with Crippen molar-refractivity contribution in [2.45, 2.75) is 12.6 Å². The molecule has 11 heteroatoms. The fourth-order valence-corrected chi connectivity index (χ4v) is 3.18. The number of carbonyl (C=O) groups is 2. The number of likely N-dealkylation sites (tertiary alicyclic amines) is 1. The molecule has 0 saturated carbocycles. The molecule has 1 atom stereocenters. The number of anilines is 1. The van der Waals surface area contributed by atoms with E-state index in [4.69, 9.17) is 16.4 Å². The molecule has 1 aliphatic rings. The molecule has 0 radical (unpaired) electrons. The minimum Gasteiger partial charge on any atom is -0.382 e. The zero-order valence-electron chi connectivity index (χ0n) is 14.8. The second-order valence-corrected chi connectivity index (χ2v) is 7.12. The van der Waals surface area contributed by atoms with E-state index >= 15 is 0 Å². The van der Waals surface area contributed by atoms with Crippen LogP contribution in [0.15, 0.2) is 23.7 Å². The van der Waals surface area contributed by atoms with Gasteiger partial charge in [0.05, 0.1) is 11.6 Å². The van der Waals surface area contributed by atoms with Crippen LogP contribution in [0.25, 0.3) is 0 Å². The third-order valence-electron chi connectivity index (χ3n) is 3.70. The van der Waals surface area contributed by atoms with E-state index in [9.17, 15) is 18.0 Å². The first-order chi connectivity index (χ1) is 12.7. The summed E-state index contributed by atoms with van der Waals surface area (Å²) in [4.78, 5) is 21.4. The number of alkyl halides is 3. The average molecular weight is 425 g/mol. The lowest BCUT2D eigenvalue weighted by molar-refractivity contribution is -0.141. The molecule has 0 unspecified atom stereocenters. The van der Waals surface area contributed by atoms with E-state index in [1.807, 2.05) is 25.3 Å². The van der Waals surface area contributed by atoms with Crippen LogP contribution in [0.3, 0.4) is 0 Å². The van der Waals surface area contributed by atoms with Crippen LogP contribution in [0.2, 0.25) is 4.34 Å². The van der Waals surface area contributed by atoms with Gasteiger partial charge in [-0.2, -0.15) is 18.3 Å². The Morgan fingerprint density at radius 3 is 2.41 bits per heavy atom. The number of thiophene rings is 1. The monoisotopic (exact) mass is 424 g/mol. The molecule has 3 rings (SSSR count). The van der Waals surface area contributed by atoms with E-state index in [2.05, 4.69) is 10.4 Å². The zero-order valence-corrected chi connectivity index (χ0v) is 16.4. The Hall–Kier alpha value is -2.07. The topological polar surface area (TPSA) is 67.2 Å². The molecule has 3 heterocycles. The standard InChI is InChI=1S/C10H13ClN2OS.C5H5F3N2.CH2O/c1-13-4-2-7(10(13)14)6-12-8-3-5-15-9(8)11;1-10-3-2-4(9-10)5(6,7)8;1-2/h3,5,7,12H,2,4,6H2,1H3;2-3H,1H3;1H2/t7-;;/m0../s1. The van der Waals surface area contributed by atoms with Crippen molar-refractivity contribution in [3.8, 4) is 0 Å². The summed E-state index contributed by atoms with van der Waals surface area (Å²) in [6.07, 6.45) is -2.13. The van der Waals surface area contributed by atoms with Crippen LogP contribution in [0.1, 0.15) is 12.1 Å². The summed E-state index contributed by atoms with van der Waals surface area (Å²) in [6, 6.07) is 2.87. The third-order valence-corrected chi connectivity index (χ3v) is 4.87. The lowest BCUT2D eigenvalue weighted by Gasteiger charge is -2.11. The van der Waals surface area contributed by atoms with Gasteiger partial charge in [0, 0.05) is 33.4 Å². The number of aromatic nitrogens is 2. The minimum absolute atomic E-state index is 0.103. The van der Waals surface area contributed by atoms with Crippen molar-refractivity contribution >= 4 is 41.3 Å². The Labute approximate surface area is 163 Å². The highest BCUT2D eigenvalue weighted by Crippen LogP contribution is 2.28. The minimum atomic E-state index is -4.32. The van der Waals surface area contributed by atoms with E-state index in [-0.39, 0.29) is 11.8 Å². The molecule has 27 heavy (non-hydrogen) atoms. The highest BCUT2D eigenvalue weighted by atomic mass is 35.5. The fraction of sp³-hybridized carbons (Fsp3) is 0.438. The summed E-state index contributed by atoms with van der Waals surface area (Å²) in [5, 5.41) is 8.33. The first kappa shape index (κ1) is 23.0. The molecule has 2 aromatic heterocycles. The van der Waals surface area contributed by atoms with Gasteiger partial charge in [0.1, 0.15) is 11.1 Å². The molecule has 1 N–H and O–H groups in total. The molecule has 6 nitrogen and oxygen atoms in total. The number of nitrogens with zero attached hydrogens (tertiary/aromatic N) is 3. The summed E-state index contributed by atoms with van der Waals surface area (Å²) in [5.41, 5.74) is 0.0824. The number of amides is 1. The number of hydrogen-bond donors (Lipinski definition) is 1. The van der Waals surface area contributed by atoms with E-state index in [1.165, 1.54) is 24.6 Å². The van der Waals surface area contributed by atoms with Crippen molar-refractivity contribution in [2.75, 3.05) is 25.5 Å². The van der Waals surface area contributed by atoms with Crippen LogP contribution in [-0.4, -0.2) is 47.5 Å². The van der Waals surface area contributed by atoms with Gasteiger partial charge >= 0.3 is 6.18 Å². The van der Waals surface area contributed by atoms with Crippen LogP contribution in [-0.2, 0) is 22.8 Å². The summed E-state index contributed by atoms with van der Waals surface area (Å²) in [6.45, 7) is 3.54. The molecule has 0 bridgehead atoms. The molecule has 1 saturated heterocycles. The largest absolute Gasteiger partial charge is 0.435 e. The Morgan fingerprint density at radius 2 is 2.04 bits per heavy atom. The van der Waals surface area contributed by atoms with Crippen molar-refractivity contribution in [3.05, 3.63) is 33.7 Å². The lowest BCUT2D eigenvalue weighted by atomic mass is 10.1. The number of halogens is 4. The van der Waals surface area contributed by atoms with Crippen molar-refractivity contribution < 1.29 is 22.8 Å². The van der Waals surface area contributed by atoms with Gasteiger partial charge in [0.15, 0.2) is 5.69 Å². The Kier molecular flexibility index (Phi) is 8.77. The van der Waals surface area contributed by atoms with Crippen molar-refractivity contribution in [2.24, 2.45) is 13.0 Å².